The van der Waals surface area contributed by atoms with Crippen molar-refractivity contribution in [1.29, 1.82) is 0 Å². The minimum atomic E-state index is -0.0635. The second-order valence-corrected chi connectivity index (χ2v) is 6.49. The van der Waals surface area contributed by atoms with Gasteiger partial charge in [-0.2, -0.15) is 5.10 Å². The van der Waals surface area contributed by atoms with Crippen LogP contribution in [0.2, 0.25) is 0 Å². The highest BCUT2D eigenvalue weighted by molar-refractivity contribution is 6.12. The number of fused-ring (bicyclic) bond motifs is 1. The maximum atomic E-state index is 11.6. The number of hydrogen-bond acceptors (Lipinski definition) is 5. The number of H-pyrrole nitrogens is 1. The maximum absolute atomic E-state index is 11.6. The van der Waals surface area contributed by atoms with Crippen molar-refractivity contribution in [2.75, 3.05) is 14.2 Å². The number of benzene rings is 2. The summed E-state index contributed by atoms with van der Waals surface area (Å²) in [4.78, 5) is 19.7. The number of hydrogen-bond donors (Lipinski definition) is 2. The van der Waals surface area contributed by atoms with Crippen LogP contribution in [-0.4, -0.2) is 35.8 Å². The van der Waals surface area contributed by atoms with Gasteiger partial charge in [0.15, 0.2) is 11.5 Å². The second kappa shape index (κ2) is 6.75. The first-order chi connectivity index (χ1) is 13.1. The molecule has 1 aliphatic rings. The van der Waals surface area contributed by atoms with Gasteiger partial charge in [0.2, 0.25) is 5.91 Å². The smallest absolute Gasteiger partial charge is 0.240 e. The molecule has 7 heteroatoms. The van der Waals surface area contributed by atoms with Crippen molar-refractivity contribution in [3.05, 3.63) is 42.0 Å². The molecule has 2 aromatic carbocycles. The Hall–Kier alpha value is -3.35. The number of aromatic amines is 1. The zero-order valence-corrected chi connectivity index (χ0v) is 15.4. The van der Waals surface area contributed by atoms with Gasteiger partial charge in [-0.3, -0.25) is 4.79 Å². The van der Waals surface area contributed by atoms with E-state index in [0.29, 0.717) is 17.9 Å². The molecule has 3 aromatic rings. The highest BCUT2D eigenvalue weighted by atomic mass is 16.5. The van der Waals surface area contributed by atoms with E-state index >= 15 is 0 Å². The van der Waals surface area contributed by atoms with Crippen LogP contribution in [0.15, 0.2) is 41.5 Å². The molecule has 1 amide bonds. The number of nitrogens with zero attached hydrogens (tertiary/aromatic N) is 2. The lowest BCUT2D eigenvalue weighted by atomic mass is 9.93. The van der Waals surface area contributed by atoms with Gasteiger partial charge in [-0.25, -0.2) is 10.4 Å². The first-order valence-corrected chi connectivity index (χ1v) is 8.68. The Bertz CT molecular complexity index is 1050. The van der Waals surface area contributed by atoms with E-state index < -0.39 is 0 Å². The van der Waals surface area contributed by atoms with Gasteiger partial charge in [-0.15, -0.1) is 0 Å². The molecule has 1 atom stereocenters. The molecule has 2 heterocycles. The first kappa shape index (κ1) is 17.1. The largest absolute Gasteiger partial charge is 0.493 e. The van der Waals surface area contributed by atoms with Gasteiger partial charge in [0.05, 0.1) is 31.0 Å². The van der Waals surface area contributed by atoms with Crippen LogP contribution in [0, 0.1) is 5.92 Å². The summed E-state index contributed by atoms with van der Waals surface area (Å²) in [6, 6.07) is 11.6. The SMILES string of the molecule is COc1ccc(-c2nc3c(C4=NNC(=O)CC4C)cccc3[nH]2)cc1OC. The predicted octanol–water partition coefficient (Wildman–Crippen LogP) is 3.11. The van der Waals surface area contributed by atoms with E-state index in [2.05, 4.69) is 15.5 Å². The fraction of sp³-hybridized carbons (Fsp3) is 0.250. The average molecular weight is 364 g/mol. The third-order valence-corrected chi connectivity index (χ3v) is 4.71. The fourth-order valence-corrected chi connectivity index (χ4v) is 3.34. The third-order valence-electron chi connectivity index (χ3n) is 4.71. The van der Waals surface area contributed by atoms with Gasteiger partial charge in [0.25, 0.3) is 0 Å². The molecule has 138 valence electrons. The summed E-state index contributed by atoms with van der Waals surface area (Å²) in [5.74, 6) is 2.01. The van der Waals surface area contributed by atoms with Gasteiger partial charge >= 0.3 is 0 Å². The quantitative estimate of drug-likeness (QED) is 0.744. The topological polar surface area (TPSA) is 88.6 Å². The number of carbonyl (C=O) groups is 1. The fourth-order valence-electron chi connectivity index (χ4n) is 3.34. The van der Waals surface area contributed by atoms with Gasteiger partial charge in [0.1, 0.15) is 5.82 Å². The van der Waals surface area contributed by atoms with Crippen molar-refractivity contribution in [2.45, 2.75) is 13.3 Å². The minimum Gasteiger partial charge on any atom is -0.493 e. The van der Waals surface area contributed by atoms with Gasteiger partial charge in [-0.1, -0.05) is 19.1 Å². The Labute approximate surface area is 156 Å². The minimum absolute atomic E-state index is 0.0329. The van der Waals surface area contributed by atoms with Crippen molar-refractivity contribution < 1.29 is 14.3 Å². The predicted molar refractivity (Wildman–Crippen MR) is 103 cm³/mol. The zero-order chi connectivity index (χ0) is 19.0. The zero-order valence-electron chi connectivity index (χ0n) is 15.4. The molecule has 7 nitrogen and oxygen atoms in total. The summed E-state index contributed by atoms with van der Waals surface area (Å²) in [6.45, 7) is 2.00. The van der Waals surface area contributed by atoms with Crippen molar-refractivity contribution in [3.63, 3.8) is 0 Å². The number of rotatable bonds is 4. The molecule has 1 unspecified atom stereocenters. The Morgan fingerprint density at radius 2 is 1.93 bits per heavy atom. The number of carbonyl (C=O) groups excluding carboxylic acids is 1. The molecule has 0 saturated heterocycles. The van der Waals surface area contributed by atoms with Crippen LogP contribution in [0.25, 0.3) is 22.4 Å². The standard InChI is InChI=1S/C20H20N4O3/c1-11-9-17(25)23-24-18(11)13-5-4-6-14-19(13)22-20(21-14)12-7-8-15(26-2)16(10-12)27-3/h4-8,10-11H,9H2,1-3H3,(H,21,22)(H,23,25). The maximum Gasteiger partial charge on any atom is 0.240 e. The molecule has 1 aromatic heterocycles. The van der Waals surface area contributed by atoms with Crippen LogP contribution in [0.1, 0.15) is 18.9 Å². The lowest BCUT2D eigenvalue weighted by Gasteiger charge is -2.19. The summed E-state index contributed by atoms with van der Waals surface area (Å²) in [7, 11) is 3.21. The summed E-state index contributed by atoms with van der Waals surface area (Å²) in [5, 5.41) is 4.27. The Morgan fingerprint density at radius 3 is 2.67 bits per heavy atom. The summed E-state index contributed by atoms with van der Waals surface area (Å²) < 4.78 is 10.7. The molecule has 0 fully saturated rings. The molecule has 0 aliphatic carbocycles. The number of nitrogens with one attached hydrogen (secondary N) is 2. The first-order valence-electron chi connectivity index (χ1n) is 8.68. The van der Waals surface area contributed by atoms with Crippen molar-refractivity contribution in [2.24, 2.45) is 11.0 Å². The monoisotopic (exact) mass is 364 g/mol. The Morgan fingerprint density at radius 1 is 1.11 bits per heavy atom. The van der Waals surface area contributed by atoms with E-state index in [1.807, 2.05) is 43.3 Å². The molecule has 2 N–H and O–H groups in total. The van der Waals surface area contributed by atoms with Gasteiger partial charge in [-0.05, 0) is 24.3 Å². The lowest BCUT2D eigenvalue weighted by molar-refractivity contribution is -0.121. The van der Waals surface area contributed by atoms with Crippen molar-refractivity contribution in [1.82, 2.24) is 15.4 Å². The van der Waals surface area contributed by atoms with E-state index in [-0.39, 0.29) is 11.8 Å². The van der Waals surface area contributed by atoms with E-state index in [0.717, 1.165) is 33.7 Å². The van der Waals surface area contributed by atoms with Gasteiger partial charge < -0.3 is 14.5 Å². The molecule has 4 rings (SSSR count). The molecule has 0 spiro atoms. The molecule has 0 bridgehead atoms. The number of ether oxygens (including phenoxy) is 2. The highest BCUT2D eigenvalue weighted by Gasteiger charge is 2.24. The third kappa shape index (κ3) is 3.01. The summed E-state index contributed by atoms with van der Waals surface area (Å²) in [6.07, 6.45) is 0.419. The van der Waals surface area contributed by atoms with E-state index in [4.69, 9.17) is 14.5 Å². The van der Waals surface area contributed by atoms with E-state index in [1.165, 1.54) is 0 Å². The molecule has 0 saturated carbocycles. The Balaban J connectivity index is 1.81. The van der Waals surface area contributed by atoms with Gasteiger partial charge in [0, 0.05) is 23.5 Å². The second-order valence-electron chi connectivity index (χ2n) is 6.49. The number of hydrazone groups is 1. The number of aromatic nitrogens is 2. The van der Waals surface area contributed by atoms with E-state index in [1.54, 1.807) is 14.2 Å². The van der Waals surface area contributed by atoms with Crippen LogP contribution in [0.5, 0.6) is 11.5 Å². The molecule has 1 aliphatic heterocycles. The summed E-state index contributed by atoms with van der Waals surface area (Å²) in [5.41, 5.74) is 6.95. The number of amides is 1. The molecular weight excluding hydrogens is 344 g/mol. The molecular formula is C20H20N4O3. The van der Waals surface area contributed by atoms with Crippen LogP contribution in [0.3, 0.4) is 0 Å². The normalized spacial score (nSPS) is 16.8. The van der Waals surface area contributed by atoms with Crippen LogP contribution < -0.4 is 14.9 Å². The van der Waals surface area contributed by atoms with Crippen molar-refractivity contribution in [3.8, 4) is 22.9 Å². The molecule has 27 heavy (non-hydrogen) atoms. The van der Waals surface area contributed by atoms with E-state index in [9.17, 15) is 4.79 Å². The summed E-state index contributed by atoms with van der Waals surface area (Å²) >= 11 is 0. The Kier molecular flexibility index (Phi) is 4.27. The van der Waals surface area contributed by atoms with Crippen LogP contribution in [0.4, 0.5) is 0 Å². The lowest BCUT2D eigenvalue weighted by Crippen LogP contribution is -2.32. The molecule has 0 radical (unpaired) electrons. The highest BCUT2D eigenvalue weighted by Crippen LogP contribution is 2.32. The van der Waals surface area contributed by atoms with Crippen LogP contribution >= 0.6 is 0 Å². The average Bonchev–Trinajstić information content (AvgIpc) is 3.12. The number of para-hydroxylation sites is 1. The van der Waals surface area contributed by atoms with Crippen LogP contribution in [-0.2, 0) is 4.79 Å². The number of methoxy groups -OCH3 is 2. The number of imidazole rings is 1. The van der Waals surface area contributed by atoms with Crippen molar-refractivity contribution >= 4 is 22.7 Å².